The van der Waals surface area contributed by atoms with Crippen LogP contribution in [0, 0.1) is 0 Å². The number of hydrogen-bond acceptors (Lipinski definition) is 25. The van der Waals surface area contributed by atoms with Gasteiger partial charge in [0.15, 0.2) is 6.10 Å². The number of piperidine rings is 3. The Morgan fingerprint density at radius 2 is 0.878 bits per heavy atom. The maximum Gasteiger partial charge on any atom is 0.523 e. The van der Waals surface area contributed by atoms with Crippen molar-refractivity contribution in [1.29, 1.82) is 0 Å². The van der Waals surface area contributed by atoms with Crippen molar-refractivity contribution in [1.82, 2.24) is 53.6 Å². The van der Waals surface area contributed by atoms with E-state index in [1.165, 1.54) is 21.1 Å². The molecule has 0 spiro atoms. The molecule has 3 saturated heterocycles. The summed E-state index contributed by atoms with van der Waals surface area (Å²) in [5.74, 6) is -1.93. The number of fused-ring (bicyclic) bond motifs is 3. The Balaban J connectivity index is 0.000000230. The van der Waals surface area contributed by atoms with Crippen molar-refractivity contribution in [3.8, 4) is 11.5 Å². The largest absolute Gasteiger partial charge is 0.523 e. The van der Waals surface area contributed by atoms with Crippen molar-refractivity contribution in [2.24, 2.45) is 5.73 Å². The lowest BCUT2D eigenvalue weighted by atomic mass is 10.0. The lowest BCUT2D eigenvalue weighted by Crippen LogP contribution is -2.49. The van der Waals surface area contributed by atoms with Gasteiger partial charge in [0.2, 0.25) is 23.6 Å². The van der Waals surface area contributed by atoms with Crippen LogP contribution < -0.4 is 48.2 Å². The smallest absolute Gasteiger partial charge is 0.497 e. The molecule has 0 radical (unpaired) electrons. The number of para-hydroxylation sites is 6. The number of aromatic amines is 1. The van der Waals surface area contributed by atoms with E-state index in [1.807, 2.05) is 105 Å². The number of hydrogen-bond donors (Lipinski definition) is 5. The Morgan fingerprint density at radius 3 is 1.31 bits per heavy atom. The number of likely N-dealkylation sites (tertiary alicyclic amines) is 2. The monoisotopic (exact) mass is 1860 g/mol. The van der Waals surface area contributed by atoms with Gasteiger partial charge in [-0.3, -0.25) is 66.7 Å². The van der Waals surface area contributed by atoms with Gasteiger partial charge in [-0.1, -0.05) is 83.3 Å². The third kappa shape index (κ3) is 30.2. The summed E-state index contributed by atoms with van der Waals surface area (Å²) in [6.07, 6.45) is -2.64. The van der Waals surface area contributed by atoms with Crippen LogP contribution in [0.25, 0.3) is 33.1 Å². The average molecular weight is 1860 g/mol. The predicted molar refractivity (Wildman–Crippen MR) is 453 cm³/mol. The van der Waals surface area contributed by atoms with E-state index in [2.05, 4.69) is 47.7 Å². The van der Waals surface area contributed by atoms with Crippen LogP contribution in [-0.4, -0.2) is 235 Å². The number of nitrogens with zero attached hydrogens (tertiary/aromatic N) is 7. The number of nitrogens with two attached hydrogens (primary N) is 1. The van der Waals surface area contributed by atoms with Crippen molar-refractivity contribution < 1.29 is 111 Å². The Labute approximate surface area is 721 Å². The van der Waals surface area contributed by atoms with Gasteiger partial charge in [0.1, 0.15) is 34.8 Å². The Morgan fingerprint density at radius 1 is 0.488 bits per heavy atom. The van der Waals surface area contributed by atoms with Gasteiger partial charge in [0.25, 0.3) is 11.8 Å². The molecule has 3 aromatic heterocycles. The van der Waals surface area contributed by atoms with Crippen LogP contribution in [0.15, 0.2) is 136 Å². The molecule has 6 N–H and O–H groups in total. The van der Waals surface area contributed by atoms with Gasteiger partial charge >= 0.3 is 44.9 Å². The molecule has 0 saturated carbocycles. The molecule has 0 aliphatic carbocycles. The van der Waals surface area contributed by atoms with E-state index in [9.17, 15) is 74.3 Å². The summed E-state index contributed by atoms with van der Waals surface area (Å²) < 4.78 is 124. The van der Waals surface area contributed by atoms with Crippen molar-refractivity contribution >= 4 is 113 Å². The van der Waals surface area contributed by atoms with Gasteiger partial charge in [0, 0.05) is 38.9 Å². The van der Waals surface area contributed by atoms with E-state index in [1.54, 1.807) is 84.0 Å². The van der Waals surface area contributed by atoms with Gasteiger partial charge in [0.05, 0.1) is 159 Å². The molecule has 8 amide bonds. The first kappa shape index (κ1) is 99.7. The van der Waals surface area contributed by atoms with Gasteiger partial charge in [-0.2, -0.15) is 21.6 Å². The van der Waals surface area contributed by atoms with Crippen molar-refractivity contribution in [3.05, 3.63) is 164 Å². The molecule has 3 unspecified atom stereocenters. The number of aromatic nitrogens is 6. The highest BCUT2D eigenvalue weighted by Crippen LogP contribution is 2.32. The third-order valence-electron chi connectivity index (χ3n) is 18.3. The number of carbonyl (C=O) groups is 8. The van der Waals surface area contributed by atoms with Crippen molar-refractivity contribution in [2.45, 2.75) is 148 Å². The van der Waals surface area contributed by atoms with E-state index in [4.69, 9.17) is 53.1 Å². The number of carbonyl (C=O) groups excluding carboxylic acids is 8. The molecule has 36 nitrogen and oxygen atoms in total. The Hall–Kier alpha value is -10.4. The van der Waals surface area contributed by atoms with Gasteiger partial charge in [-0.25, -0.2) is 28.2 Å². The minimum absolute atomic E-state index is 0.124. The Kier molecular flexibility index (Phi) is 39.4. The second-order valence-corrected chi connectivity index (χ2v) is 30.9. The highest BCUT2D eigenvalue weighted by Gasteiger charge is 2.51. The quantitative estimate of drug-likeness (QED) is 0.00631. The van der Waals surface area contributed by atoms with Gasteiger partial charge in [-0.05, 0) is 138 Å². The van der Waals surface area contributed by atoms with E-state index in [0.29, 0.717) is 150 Å². The average Bonchev–Trinajstić information content (AvgIpc) is 1.59. The topological polar surface area (TPSA) is 432 Å². The lowest BCUT2D eigenvalue weighted by molar-refractivity contribution is -0.156. The van der Waals surface area contributed by atoms with Crippen LogP contribution in [0.1, 0.15) is 103 Å². The van der Waals surface area contributed by atoms with Crippen molar-refractivity contribution in [2.75, 3.05) is 118 Å². The summed E-state index contributed by atoms with van der Waals surface area (Å²) in [6.45, 7) is 17.5. The van der Waals surface area contributed by atoms with Crippen LogP contribution in [0.5, 0.6) is 11.5 Å². The van der Waals surface area contributed by atoms with Crippen LogP contribution in [0.3, 0.4) is 0 Å². The molecule has 6 heterocycles. The van der Waals surface area contributed by atoms with Crippen LogP contribution in [0.2, 0.25) is 0 Å². The summed E-state index contributed by atoms with van der Waals surface area (Å²) in [7, 11) is -2.90. The number of halogens is 4. The molecule has 3 fully saturated rings. The van der Waals surface area contributed by atoms with E-state index in [-0.39, 0.29) is 80.8 Å². The second kappa shape index (κ2) is 48.6. The number of imide groups is 3. The molecule has 0 bridgehead atoms. The van der Waals surface area contributed by atoms with E-state index >= 15 is 0 Å². The Bertz CT molecular complexity index is 5120. The van der Waals surface area contributed by atoms with Crippen molar-refractivity contribution in [3.63, 3.8) is 0 Å². The number of amides is 8. The first-order chi connectivity index (χ1) is 58.6. The highest BCUT2D eigenvalue weighted by atomic mass is 127. The van der Waals surface area contributed by atoms with Crippen LogP contribution >= 0.6 is 22.6 Å². The second-order valence-electron chi connectivity index (χ2n) is 29.4. The fraction of sp³-hybridized carbons (Fsp3) is 0.500. The summed E-state index contributed by atoms with van der Waals surface area (Å²) in [5, 5.41) is 7.55. The lowest BCUT2D eigenvalue weighted by Gasteiger charge is -2.31. The zero-order chi connectivity index (χ0) is 90.0. The SMILES string of the molecule is CC(C)(C)OC(=O)NCCOCCOCCn1c(=O)[nH]c2ccccc21.CI.COc1ccc(CN2C(=O)CCC(OS(=O)(=O)C(F)(F)F)C2=O)cc1.COc1ccc(CN2C(=O)CCC(n3c(=O)n(CCOCCOCCNC(=O)OC(C)(C)C)c4ccccc43)C2=O)cc1.NCCOCCOCCn1c(=O)n(C2CCC(=O)NC2=O)c2ccccc21. The van der Waals surface area contributed by atoms with E-state index in [0.717, 1.165) is 22.1 Å². The van der Waals surface area contributed by atoms with E-state index < -0.39 is 87.3 Å². The standard InChI is InChI=1S/C31H40N4O8.C18H24N4O5.C18H27N3O5.C14H14F3NO6S.CH3I/c1-31(2,3)43-29(38)32-15-17-41-19-20-42-18-16-33-24-7-5-6-8-25(24)35(30(33)39)26-13-14-27(36)34(28(26)37)21-22-9-11-23(40-4)12-10-22;19-7-9-26-11-12-27-10-8-21-13-3-1-2-4-14(13)22(18(21)25)15-5-6-16(23)20-17(15)24;1-18(2,3)26-17(23)19-8-10-24-12-13-25-11-9-21-15-7-5-4-6-14(15)20-16(21)22;1-23-10-4-2-9(3-5-10)8-18-12(19)7-6-11(13(18)20)24-25(21,22)14(15,16)17;1-2/h5-12,26H,13-21H2,1-4H3,(H,32,38);1-4,15H,5-12,19H2,(H,20,23,24);4-7H,8-13H2,1-3H3,(H,19,23)(H,20,22);2-5,11H,6-8H2,1H3;1H3. The number of alkyl carbamates (subject to hydrolysis) is 2. The third-order valence-corrected chi connectivity index (χ3v) is 19.4. The summed E-state index contributed by atoms with van der Waals surface area (Å²) in [5.41, 5.74) is 3.59. The minimum Gasteiger partial charge on any atom is -0.497 e. The fourth-order valence-corrected chi connectivity index (χ4v) is 13.3. The molecule has 11 rings (SSSR count). The van der Waals surface area contributed by atoms with Crippen LogP contribution in [-0.2, 0) is 114 Å². The molecule has 41 heteroatoms. The molecule has 3 aliphatic heterocycles. The molecule has 5 aromatic carbocycles. The molecule has 3 atom stereocenters. The number of ether oxygens (including phenoxy) is 10. The number of alkyl halides is 4. The molecule has 3 aliphatic rings. The first-order valence-corrected chi connectivity index (χ1v) is 43.0. The summed E-state index contributed by atoms with van der Waals surface area (Å²) >= 11 is 2.15. The number of methoxy groups -OCH3 is 2. The van der Waals surface area contributed by atoms with Crippen LogP contribution in [0.4, 0.5) is 22.8 Å². The molecular formula is C82H108F3IN12O24S. The maximum absolute atomic E-state index is 13.7. The number of benzene rings is 5. The zero-order valence-electron chi connectivity index (χ0n) is 70.1. The number of nitrogens with one attached hydrogen (secondary N) is 4. The maximum atomic E-state index is 13.7. The zero-order valence-corrected chi connectivity index (χ0v) is 73.1. The molecule has 674 valence electrons. The number of imidazole rings is 3. The predicted octanol–water partition coefficient (Wildman–Crippen LogP) is 7.55. The fourth-order valence-electron chi connectivity index (χ4n) is 12.7. The summed E-state index contributed by atoms with van der Waals surface area (Å²) in [4.78, 5) is 142. The molecule has 123 heavy (non-hydrogen) atoms. The van der Waals surface area contributed by atoms with Gasteiger partial charge in [-0.15, -0.1) is 0 Å². The molecule has 8 aromatic rings. The normalized spacial score (nSPS) is 15.7. The number of rotatable bonds is 36. The molecular weight excluding hydrogens is 1750 g/mol. The number of H-pyrrole nitrogens is 1. The summed E-state index contributed by atoms with van der Waals surface area (Å²) in [6, 6.07) is 34.1. The highest BCUT2D eigenvalue weighted by molar-refractivity contribution is 14.1. The van der Waals surface area contributed by atoms with Gasteiger partial charge < -0.3 is 68.7 Å². The minimum atomic E-state index is -5.93. The first-order valence-electron chi connectivity index (χ1n) is 39.5.